The molecular formula is C18H31NO. The van der Waals surface area contributed by atoms with Crippen LogP contribution in [0.5, 0.6) is 5.75 Å². The highest BCUT2D eigenvalue weighted by Gasteiger charge is 2.14. The van der Waals surface area contributed by atoms with Crippen molar-refractivity contribution in [1.82, 2.24) is 5.32 Å². The van der Waals surface area contributed by atoms with Gasteiger partial charge in [0.15, 0.2) is 0 Å². The lowest BCUT2D eigenvalue weighted by atomic mass is 9.94. The van der Waals surface area contributed by atoms with Gasteiger partial charge in [-0.15, -0.1) is 0 Å². The molecule has 0 bridgehead atoms. The van der Waals surface area contributed by atoms with Crippen LogP contribution in [-0.2, 0) is 0 Å². The van der Waals surface area contributed by atoms with Gasteiger partial charge in [-0.2, -0.15) is 0 Å². The number of nitrogens with one attached hydrogen (secondary N) is 1. The Morgan fingerprint density at radius 2 is 1.80 bits per heavy atom. The van der Waals surface area contributed by atoms with Crippen molar-refractivity contribution in [3.8, 4) is 5.75 Å². The summed E-state index contributed by atoms with van der Waals surface area (Å²) in [7, 11) is 1.74. The summed E-state index contributed by atoms with van der Waals surface area (Å²) in [5, 5.41) is 3.64. The summed E-state index contributed by atoms with van der Waals surface area (Å²) in [6.07, 6.45) is 6.51. The topological polar surface area (TPSA) is 21.3 Å². The van der Waals surface area contributed by atoms with Crippen LogP contribution in [0.15, 0.2) is 12.1 Å². The summed E-state index contributed by atoms with van der Waals surface area (Å²) in [5.41, 5.74) is 3.99. The molecule has 0 spiro atoms. The molecule has 0 aliphatic rings. The fourth-order valence-corrected chi connectivity index (χ4v) is 2.80. The lowest BCUT2D eigenvalue weighted by molar-refractivity contribution is 0.410. The third kappa shape index (κ3) is 4.82. The van der Waals surface area contributed by atoms with Crippen LogP contribution < -0.4 is 10.1 Å². The van der Waals surface area contributed by atoms with E-state index in [1.807, 2.05) is 0 Å². The lowest BCUT2D eigenvalue weighted by Gasteiger charge is -2.22. The van der Waals surface area contributed by atoms with E-state index in [1.165, 1.54) is 48.8 Å². The number of ether oxygens (including phenoxy) is 1. The van der Waals surface area contributed by atoms with E-state index >= 15 is 0 Å². The van der Waals surface area contributed by atoms with E-state index in [2.05, 4.69) is 45.1 Å². The highest BCUT2D eigenvalue weighted by molar-refractivity contribution is 5.42. The molecule has 1 N–H and O–H groups in total. The Hall–Kier alpha value is -1.02. The third-order valence-corrected chi connectivity index (χ3v) is 3.96. The molecule has 0 aromatic heterocycles. The van der Waals surface area contributed by atoms with Crippen LogP contribution in [0.3, 0.4) is 0 Å². The molecule has 1 aromatic carbocycles. The fourth-order valence-electron chi connectivity index (χ4n) is 2.80. The van der Waals surface area contributed by atoms with Crippen molar-refractivity contribution in [2.24, 2.45) is 0 Å². The van der Waals surface area contributed by atoms with Gasteiger partial charge in [0.05, 0.1) is 7.11 Å². The van der Waals surface area contributed by atoms with Crippen molar-refractivity contribution in [2.45, 2.75) is 65.8 Å². The lowest BCUT2D eigenvalue weighted by Crippen LogP contribution is -2.22. The van der Waals surface area contributed by atoms with E-state index in [0.29, 0.717) is 6.04 Å². The first-order valence-corrected chi connectivity index (χ1v) is 8.02. The minimum absolute atomic E-state index is 0.474. The molecular weight excluding hydrogens is 246 g/mol. The highest BCUT2D eigenvalue weighted by Crippen LogP contribution is 2.29. The Morgan fingerprint density at radius 1 is 1.05 bits per heavy atom. The minimum Gasteiger partial charge on any atom is -0.496 e. The molecule has 0 heterocycles. The molecule has 0 radical (unpaired) electrons. The normalized spacial score (nSPS) is 12.4. The van der Waals surface area contributed by atoms with Gasteiger partial charge in [-0.1, -0.05) is 45.6 Å². The van der Waals surface area contributed by atoms with E-state index in [-0.39, 0.29) is 0 Å². The predicted octanol–water partition coefficient (Wildman–Crippen LogP) is 4.93. The van der Waals surface area contributed by atoms with Gasteiger partial charge in [0, 0.05) is 6.04 Å². The van der Waals surface area contributed by atoms with E-state index in [9.17, 15) is 0 Å². The molecule has 0 saturated carbocycles. The number of hydrogen-bond donors (Lipinski definition) is 1. The van der Waals surface area contributed by atoms with Crippen LogP contribution in [0.2, 0.25) is 0 Å². The van der Waals surface area contributed by atoms with Gasteiger partial charge in [0.25, 0.3) is 0 Å². The second kappa shape index (κ2) is 9.02. The van der Waals surface area contributed by atoms with Gasteiger partial charge < -0.3 is 10.1 Å². The maximum absolute atomic E-state index is 5.41. The monoisotopic (exact) mass is 277 g/mol. The molecule has 20 heavy (non-hydrogen) atoms. The van der Waals surface area contributed by atoms with E-state index < -0.39 is 0 Å². The summed E-state index contributed by atoms with van der Waals surface area (Å²) in [5.74, 6) is 0.993. The second-order valence-electron chi connectivity index (χ2n) is 5.64. The molecule has 0 saturated heterocycles. The Labute approximate surface area is 124 Å². The number of methoxy groups -OCH3 is 1. The fraction of sp³-hybridized carbons (Fsp3) is 0.667. The summed E-state index contributed by atoms with van der Waals surface area (Å²) in [6.45, 7) is 9.78. The SMILES string of the molecule is CCCCCCC(NCC)c1cc(C)c(OC)cc1C. The van der Waals surface area contributed by atoms with Crippen LogP contribution in [0.25, 0.3) is 0 Å². The van der Waals surface area contributed by atoms with Crippen LogP contribution in [0, 0.1) is 13.8 Å². The predicted molar refractivity (Wildman–Crippen MR) is 87.6 cm³/mol. The van der Waals surface area contributed by atoms with Crippen molar-refractivity contribution < 1.29 is 4.74 Å². The molecule has 0 amide bonds. The molecule has 1 atom stereocenters. The number of benzene rings is 1. The van der Waals surface area contributed by atoms with Crippen molar-refractivity contribution >= 4 is 0 Å². The summed E-state index contributed by atoms with van der Waals surface area (Å²) in [6, 6.07) is 4.93. The Balaban J connectivity index is 2.82. The zero-order valence-corrected chi connectivity index (χ0v) is 13.9. The average Bonchev–Trinajstić information content (AvgIpc) is 2.44. The zero-order chi connectivity index (χ0) is 15.0. The second-order valence-corrected chi connectivity index (χ2v) is 5.64. The Kier molecular flexibility index (Phi) is 7.68. The van der Waals surface area contributed by atoms with E-state index in [4.69, 9.17) is 4.74 Å². The summed E-state index contributed by atoms with van der Waals surface area (Å²) in [4.78, 5) is 0. The molecule has 1 unspecified atom stereocenters. The number of aryl methyl sites for hydroxylation is 2. The van der Waals surface area contributed by atoms with E-state index in [1.54, 1.807) is 7.11 Å². The smallest absolute Gasteiger partial charge is 0.122 e. The molecule has 114 valence electrons. The molecule has 2 heteroatoms. The molecule has 0 aliphatic carbocycles. The van der Waals surface area contributed by atoms with Crippen molar-refractivity contribution in [3.63, 3.8) is 0 Å². The van der Waals surface area contributed by atoms with Gasteiger partial charge in [-0.25, -0.2) is 0 Å². The van der Waals surface area contributed by atoms with Gasteiger partial charge in [0.2, 0.25) is 0 Å². The minimum atomic E-state index is 0.474. The molecule has 1 aromatic rings. The van der Waals surface area contributed by atoms with Gasteiger partial charge in [-0.05, 0) is 49.6 Å². The Morgan fingerprint density at radius 3 is 2.40 bits per heavy atom. The maximum atomic E-state index is 5.41. The van der Waals surface area contributed by atoms with Gasteiger partial charge in [0.1, 0.15) is 5.75 Å². The van der Waals surface area contributed by atoms with Gasteiger partial charge in [-0.3, -0.25) is 0 Å². The quantitative estimate of drug-likeness (QED) is 0.646. The van der Waals surface area contributed by atoms with Crippen molar-refractivity contribution in [2.75, 3.05) is 13.7 Å². The van der Waals surface area contributed by atoms with Crippen LogP contribution in [0.1, 0.15) is 68.7 Å². The summed E-state index contributed by atoms with van der Waals surface area (Å²) < 4.78 is 5.41. The molecule has 2 nitrogen and oxygen atoms in total. The van der Waals surface area contributed by atoms with E-state index in [0.717, 1.165) is 12.3 Å². The van der Waals surface area contributed by atoms with Gasteiger partial charge >= 0.3 is 0 Å². The van der Waals surface area contributed by atoms with Crippen LogP contribution in [0.4, 0.5) is 0 Å². The zero-order valence-electron chi connectivity index (χ0n) is 13.9. The molecule has 0 fully saturated rings. The van der Waals surface area contributed by atoms with Crippen molar-refractivity contribution in [3.05, 3.63) is 28.8 Å². The Bertz CT molecular complexity index is 401. The first-order chi connectivity index (χ1) is 9.63. The van der Waals surface area contributed by atoms with Crippen LogP contribution >= 0.6 is 0 Å². The first-order valence-electron chi connectivity index (χ1n) is 8.02. The maximum Gasteiger partial charge on any atom is 0.122 e. The average molecular weight is 277 g/mol. The number of hydrogen-bond acceptors (Lipinski definition) is 2. The number of rotatable bonds is 9. The third-order valence-electron chi connectivity index (χ3n) is 3.96. The highest BCUT2D eigenvalue weighted by atomic mass is 16.5. The molecule has 0 aliphatic heterocycles. The number of unbranched alkanes of at least 4 members (excludes halogenated alkanes) is 3. The van der Waals surface area contributed by atoms with Crippen molar-refractivity contribution in [1.29, 1.82) is 0 Å². The van der Waals surface area contributed by atoms with Crippen LogP contribution in [-0.4, -0.2) is 13.7 Å². The molecule has 1 rings (SSSR count). The largest absolute Gasteiger partial charge is 0.496 e. The first kappa shape index (κ1) is 17.0. The standard InChI is InChI=1S/C18H31NO/c1-6-8-9-10-11-17(19-7-2)16-12-15(4)18(20-5)13-14(16)3/h12-13,17,19H,6-11H2,1-5H3. The summed E-state index contributed by atoms with van der Waals surface area (Å²) >= 11 is 0.